The van der Waals surface area contributed by atoms with Crippen LogP contribution in [0.3, 0.4) is 0 Å². The summed E-state index contributed by atoms with van der Waals surface area (Å²) >= 11 is 0. The lowest BCUT2D eigenvalue weighted by Crippen LogP contribution is -2.41. The van der Waals surface area contributed by atoms with Gasteiger partial charge in [0.2, 0.25) is 5.91 Å². The molecule has 164 valence electrons. The van der Waals surface area contributed by atoms with Crippen molar-refractivity contribution in [2.75, 3.05) is 5.32 Å². The number of anilines is 1. The van der Waals surface area contributed by atoms with Crippen molar-refractivity contribution in [3.63, 3.8) is 0 Å². The summed E-state index contributed by atoms with van der Waals surface area (Å²) in [6.45, 7) is 2.97. The van der Waals surface area contributed by atoms with Crippen molar-refractivity contribution in [3.05, 3.63) is 92.3 Å². The van der Waals surface area contributed by atoms with E-state index in [9.17, 15) is 23.2 Å². The number of hydrogen-bond acceptors (Lipinski definition) is 3. The lowest BCUT2D eigenvalue weighted by Gasteiger charge is -2.13. The lowest BCUT2D eigenvalue weighted by atomic mass is 10.2. The number of hydrogen-bond donors (Lipinski definition) is 1. The van der Waals surface area contributed by atoms with Crippen LogP contribution in [0.25, 0.3) is 16.7 Å². The number of nitrogens with zero attached hydrogens (tertiary/aromatic N) is 3. The number of aryl methyl sites for hydroxylation is 3. The van der Waals surface area contributed by atoms with Crippen LogP contribution >= 0.6 is 0 Å². The Morgan fingerprint density at radius 3 is 2.34 bits per heavy atom. The first-order chi connectivity index (χ1) is 15.2. The average Bonchev–Trinajstić information content (AvgIpc) is 3.04. The van der Waals surface area contributed by atoms with Crippen LogP contribution in [0.4, 0.5) is 14.5 Å². The number of aromatic nitrogens is 3. The number of halogens is 2. The minimum absolute atomic E-state index is 0.178. The smallest absolute Gasteiger partial charge is 0.336 e. The van der Waals surface area contributed by atoms with E-state index in [1.807, 2.05) is 0 Å². The molecule has 0 aliphatic carbocycles. The van der Waals surface area contributed by atoms with Crippen LogP contribution in [0, 0.1) is 25.5 Å². The Morgan fingerprint density at radius 1 is 1.00 bits per heavy atom. The minimum atomic E-state index is -0.745. The second kappa shape index (κ2) is 7.92. The molecule has 32 heavy (non-hydrogen) atoms. The predicted octanol–water partition coefficient (Wildman–Crippen LogP) is 3.02. The second-order valence-corrected chi connectivity index (χ2v) is 7.58. The Morgan fingerprint density at radius 2 is 1.69 bits per heavy atom. The highest BCUT2D eigenvalue weighted by molar-refractivity contribution is 5.91. The maximum Gasteiger partial charge on any atom is 0.336 e. The number of benzene rings is 2. The molecule has 0 bridgehead atoms. The van der Waals surface area contributed by atoms with Gasteiger partial charge < -0.3 is 9.88 Å². The third-order valence-corrected chi connectivity index (χ3v) is 5.41. The van der Waals surface area contributed by atoms with Crippen molar-refractivity contribution in [1.29, 1.82) is 0 Å². The SMILES string of the molecule is Cc1ccc(NC(=O)Cn2c(=O)n(-c3ccc(F)cc3)c(=O)c3c2cc(C)n3C)cc1F. The summed E-state index contributed by atoms with van der Waals surface area (Å²) in [5.74, 6) is -1.55. The van der Waals surface area contributed by atoms with Crippen LogP contribution in [-0.4, -0.2) is 19.6 Å². The van der Waals surface area contributed by atoms with Gasteiger partial charge in [-0.15, -0.1) is 0 Å². The van der Waals surface area contributed by atoms with Gasteiger partial charge in [0, 0.05) is 18.4 Å². The maximum atomic E-state index is 13.8. The number of nitrogens with one attached hydrogen (secondary N) is 1. The quantitative estimate of drug-likeness (QED) is 0.532. The van der Waals surface area contributed by atoms with E-state index in [-0.39, 0.29) is 16.9 Å². The summed E-state index contributed by atoms with van der Waals surface area (Å²) in [6.07, 6.45) is 0. The molecule has 1 amide bonds. The molecular weight excluding hydrogens is 418 g/mol. The lowest BCUT2D eigenvalue weighted by molar-refractivity contribution is -0.116. The molecule has 4 aromatic rings. The van der Waals surface area contributed by atoms with Gasteiger partial charge in [0.05, 0.1) is 11.2 Å². The van der Waals surface area contributed by atoms with Crippen molar-refractivity contribution in [3.8, 4) is 5.69 Å². The fourth-order valence-corrected chi connectivity index (χ4v) is 3.57. The molecule has 9 heteroatoms. The normalized spacial score (nSPS) is 11.2. The van der Waals surface area contributed by atoms with E-state index in [4.69, 9.17) is 0 Å². The van der Waals surface area contributed by atoms with E-state index >= 15 is 0 Å². The third-order valence-electron chi connectivity index (χ3n) is 5.41. The Kier molecular flexibility index (Phi) is 5.25. The first kappa shape index (κ1) is 21.2. The molecule has 0 saturated heterocycles. The Bertz CT molecular complexity index is 1480. The number of fused-ring (bicyclic) bond motifs is 1. The fraction of sp³-hybridized carbons (Fsp3) is 0.174. The molecular formula is C23H20F2N4O3. The van der Waals surface area contributed by atoms with E-state index in [2.05, 4.69) is 5.32 Å². The van der Waals surface area contributed by atoms with Crippen molar-refractivity contribution < 1.29 is 13.6 Å². The molecule has 1 N–H and O–H groups in total. The summed E-state index contributed by atoms with van der Waals surface area (Å²) in [7, 11) is 1.68. The van der Waals surface area contributed by atoms with Gasteiger partial charge in [-0.3, -0.25) is 14.2 Å². The molecule has 4 rings (SSSR count). The monoisotopic (exact) mass is 438 g/mol. The minimum Gasteiger partial charge on any atom is -0.342 e. The first-order valence-corrected chi connectivity index (χ1v) is 9.81. The van der Waals surface area contributed by atoms with Gasteiger partial charge in [-0.1, -0.05) is 6.07 Å². The third kappa shape index (κ3) is 3.62. The molecule has 2 aromatic carbocycles. The second-order valence-electron chi connectivity index (χ2n) is 7.58. The zero-order valence-electron chi connectivity index (χ0n) is 17.6. The maximum absolute atomic E-state index is 13.8. The summed E-state index contributed by atoms with van der Waals surface area (Å²) in [6, 6.07) is 10.9. The molecule has 2 aromatic heterocycles. The van der Waals surface area contributed by atoms with Gasteiger partial charge >= 0.3 is 5.69 Å². The topological polar surface area (TPSA) is 78.0 Å². The molecule has 2 heterocycles. The number of amides is 1. The molecule has 0 unspecified atom stereocenters. The van der Waals surface area contributed by atoms with Crippen molar-refractivity contribution in [1.82, 2.24) is 13.7 Å². The fourth-order valence-electron chi connectivity index (χ4n) is 3.57. The van der Waals surface area contributed by atoms with E-state index < -0.39 is 35.3 Å². The molecule has 0 spiro atoms. The van der Waals surface area contributed by atoms with Crippen LogP contribution in [-0.2, 0) is 18.4 Å². The van der Waals surface area contributed by atoms with E-state index in [0.29, 0.717) is 16.8 Å². The Hall–Kier alpha value is -4.01. The molecule has 0 atom stereocenters. The highest BCUT2D eigenvalue weighted by atomic mass is 19.1. The highest BCUT2D eigenvalue weighted by Gasteiger charge is 2.20. The van der Waals surface area contributed by atoms with Crippen LogP contribution < -0.4 is 16.6 Å². The number of carbonyl (C=O) groups excluding carboxylic acids is 1. The average molecular weight is 438 g/mol. The van der Waals surface area contributed by atoms with Gasteiger partial charge in [-0.2, -0.15) is 0 Å². The van der Waals surface area contributed by atoms with Gasteiger partial charge in [0.25, 0.3) is 5.56 Å². The molecule has 0 aliphatic rings. The van der Waals surface area contributed by atoms with Crippen molar-refractivity contribution in [2.45, 2.75) is 20.4 Å². The van der Waals surface area contributed by atoms with E-state index in [1.54, 1.807) is 37.6 Å². The summed E-state index contributed by atoms with van der Waals surface area (Å²) in [5.41, 5.74) is 0.768. The zero-order valence-corrected chi connectivity index (χ0v) is 17.6. The van der Waals surface area contributed by atoms with E-state index in [0.717, 1.165) is 16.7 Å². The largest absolute Gasteiger partial charge is 0.342 e. The van der Waals surface area contributed by atoms with Crippen molar-refractivity contribution in [2.24, 2.45) is 7.05 Å². The molecule has 0 fully saturated rings. The van der Waals surface area contributed by atoms with Crippen LogP contribution in [0.1, 0.15) is 11.3 Å². The number of rotatable bonds is 4. The Balaban J connectivity index is 1.84. The van der Waals surface area contributed by atoms with Gasteiger partial charge in [-0.25, -0.2) is 18.1 Å². The van der Waals surface area contributed by atoms with Gasteiger partial charge in [0.15, 0.2) is 0 Å². The molecule has 0 aliphatic heterocycles. The summed E-state index contributed by atoms with van der Waals surface area (Å²) < 4.78 is 30.9. The van der Waals surface area contributed by atoms with Gasteiger partial charge in [0.1, 0.15) is 23.7 Å². The highest BCUT2D eigenvalue weighted by Crippen LogP contribution is 2.17. The van der Waals surface area contributed by atoms with Crippen molar-refractivity contribution >= 4 is 22.6 Å². The zero-order chi connectivity index (χ0) is 23.2. The Labute approximate surface area is 181 Å². The standard InChI is InChI=1S/C23H20F2N4O3/c1-13-4-7-16(11-18(13)25)26-20(30)12-28-19-10-14(2)27(3)21(19)22(31)29(23(28)32)17-8-5-15(24)6-9-17/h4-11H,12H2,1-3H3,(H,26,30). The van der Waals surface area contributed by atoms with Gasteiger partial charge in [-0.05, 0) is 61.9 Å². The predicted molar refractivity (Wildman–Crippen MR) is 117 cm³/mol. The summed E-state index contributed by atoms with van der Waals surface area (Å²) in [5, 5.41) is 2.57. The molecule has 0 radical (unpaired) electrons. The first-order valence-electron chi connectivity index (χ1n) is 9.81. The van der Waals surface area contributed by atoms with Crippen LogP contribution in [0.2, 0.25) is 0 Å². The van der Waals surface area contributed by atoms with E-state index in [1.165, 1.54) is 28.8 Å². The van der Waals surface area contributed by atoms with Crippen LogP contribution in [0.5, 0.6) is 0 Å². The molecule has 0 saturated carbocycles. The van der Waals surface area contributed by atoms with Crippen LogP contribution in [0.15, 0.2) is 58.1 Å². The number of carbonyl (C=O) groups is 1. The summed E-state index contributed by atoms with van der Waals surface area (Å²) in [4.78, 5) is 39.1. The molecule has 7 nitrogen and oxygen atoms in total.